The molecular weight excluding hydrogens is 536 g/mol. The Morgan fingerprint density at radius 2 is 1.42 bits per heavy atom. The first-order valence-electron chi connectivity index (χ1n) is 17.1. The van der Waals surface area contributed by atoms with Crippen molar-refractivity contribution in [1.29, 1.82) is 0 Å². The summed E-state index contributed by atoms with van der Waals surface area (Å²) in [5.74, 6) is 0.0439. The number of benzene rings is 2. The molecule has 0 aliphatic carbocycles. The lowest BCUT2D eigenvalue weighted by atomic mass is 9.90. The standard InChI is InChI=1S/C37H58N2O4/c1-5-7-9-11-13-15-24-39(25-16-14-12-10-8-6-2)27-35-29(3)36(32-22-20-31(28-40)21-23-32)43-37(42-35)33-18-17-19-34(26-33)38-30(4)41/h17-23,26,29,35-37,40H,5-16,24-25,27-28H2,1-4H3,(H,38,41)/t29-,35+,36+,37+/m1/s1. The molecule has 0 radical (unpaired) electrons. The number of aliphatic hydroxyl groups excluding tert-OH is 1. The van der Waals surface area contributed by atoms with Crippen molar-refractivity contribution in [2.45, 2.75) is 130 Å². The third kappa shape index (κ3) is 12.3. The molecule has 0 aromatic heterocycles. The van der Waals surface area contributed by atoms with Crippen molar-refractivity contribution in [3.8, 4) is 0 Å². The molecule has 43 heavy (non-hydrogen) atoms. The first-order chi connectivity index (χ1) is 20.9. The molecule has 1 amide bonds. The Bertz CT molecular complexity index is 1030. The fourth-order valence-electron chi connectivity index (χ4n) is 6.07. The molecule has 2 aromatic carbocycles. The van der Waals surface area contributed by atoms with E-state index in [9.17, 15) is 9.90 Å². The van der Waals surface area contributed by atoms with Crippen LogP contribution in [0.4, 0.5) is 5.69 Å². The molecule has 6 heteroatoms. The molecule has 1 aliphatic heterocycles. The van der Waals surface area contributed by atoms with Crippen LogP contribution < -0.4 is 5.32 Å². The SMILES string of the molecule is CCCCCCCCN(CCCCCCCC)C[C@@H]1O[C@H](c2cccc(NC(C)=O)c2)O[C@H](c2ccc(CO)cc2)[C@@H]1C. The van der Waals surface area contributed by atoms with Gasteiger partial charge in [-0.25, -0.2) is 0 Å². The molecule has 0 unspecified atom stereocenters. The van der Waals surface area contributed by atoms with Crippen LogP contribution >= 0.6 is 0 Å². The molecule has 240 valence electrons. The smallest absolute Gasteiger partial charge is 0.221 e. The van der Waals surface area contributed by atoms with Crippen LogP contribution in [0.1, 0.15) is 134 Å². The monoisotopic (exact) mass is 594 g/mol. The predicted octanol–water partition coefficient (Wildman–Crippen LogP) is 8.95. The second-order valence-corrected chi connectivity index (χ2v) is 12.5. The van der Waals surface area contributed by atoms with E-state index in [1.165, 1.54) is 84.0 Å². The molecule has 0 bridgehead atoms. The summed E-state index contributed by atoms with van der Waals surface area (Å²) >= 11 is 0. The Morgan fingerprint density at radius 1 is 0.814 bits per heavy atom. The second kappa shape index (κ2) is 19.9. The highest BCUT2D eigenvalue weighted by molar-refractivity contribution is 5.88. The van der Waals surface area contributed by atoms with E-state index in [1.807, 2.05) is 36.4 Å². The number of hydrogen-bond acceptors (Lipinski definition) is 5. The van der Waals surface area contributed by atoms with Crippen molar-refractivity contribution in [2.75, 3.05) is 25.0 Å². The van der Waals surface area contributed by atoms with Crippen molar-refractivity contribution in [3.63, 3.8) is 0 Å². The number of nitrogens with one attached hydrogen (secondary N) is 1. The van der Waals surface area contributed by atoms with Gasteiger partial charge in [0.1, 0.15) is 0 Å². The zero-order valence-corrected chi connectivity index (χ0v) is 27.4. The molecule has 1 fully saturated rings. The number of carbonyl (C=O) groups excluding carboxylic acids is 1. The maximum Gasteiger partial charge on any atom is 0.221 e. The van der Waals surface area contributed by atoms with Gasteiger partial charge in [0.2, 0.25) is 5.91 Å². The molecule has 1 aliphatic rings. The highest BCUT2D eigenvalue weighted by Gasteiger charge is 2.39. The number of rotatable bonds is 20. The highest BCUT2D eigenvalue weighted by atomic mass is 16.7. The molecule has 1 saturated heterocycles. The average Bonchev–Trinajstić information content (AvgIpc) is 3.01. The zero-order valence-electron chi connectivity index (χ0n) is 27.4. The Kier molecular flexibility index (Phi) is 16.3. The van der Waals surface area contributed by atoms with Crippen molar-refractivity contribution in [3.05, 3.63) is 65.2 Å². The van der Waals surface area contributed by atoms with Crippen LogP contribution in [0.15, 0.2) is 48.5 Å². The quantitative estimate of drug-likeness (QED) is 0.150. The van der Waals surface area contributed by atoms with Gasteiger partial charge >= 0.3 is 0 Å². The topological polar surface area (TPSA) is 71.0 Å². The van der Waals surface area contributed by atoms with Gasteiger partial charge in [-0.15, -0.1) is 0 Å². The second-order valence-electron chi connectivity index (χ2n) is 12.5. The van der Waals surface area contributed by atoms with Crippen LogP contribution in [0.3, 0.4) is 0 Å². The Hall–Kier alpha value is -2.25. The number of hydrogen-bond donors (Lipinski definition) is 2. The molecule has 1 heterocycles. The molecule has 0 saturated carbocycles. The fourth-order valence-corrected chi connectivity index (χ4v) is 6.07. The summed E-state index contributed by atoms with van der Waals surface area (Å²) < 4.78 is 13.4. The summed E-state index contributed by atoms with van der Waals surface area (Å²) in [6.07, 6.45) is 14.9. The van der Waals surface area contributed by atoms with Crippen LogP contribution in [0, 0.1) is 5.92 Å². The van der Waals surface area contributed by atoms with Gasteiger partial charge in [-0.2, -0.15) is 0 Å². The van der Waals surface area contributed by atoms with E-state index in [2.05, 4.69) is 43.1 Å². The molecule has 6 nitrogen and oxygen atoms in total. The summed E-state index contributed by atoms with van der Waals surface area (Å²) in [6.45, 7) is 11.4. The number of anilines is 1. The van der Waals surface area contributed by atoms with Gasteiger partial charge in [0.05, 0.1) is 18.8 Å². The third-order valence-electron chi connectivity index (χ3n) is 8.70. The number of ether oxygens (including phenoxy) is 2. The Morgan fingerprint density at radius 3 is 2.00 bits per heavy atom. The van der Waals surface area contributed by atoms with Crippen molar-refractivity contribution in [2.24, 2.45) is 5.92 Å². The Labute approximate surface area is 261 Å². The van der Waals surface area contributed by atoms with Crippen LogP contribution in [0.2, 0.25) is 0 Å². The minimum absolute atomic E-state index is 0.00845. The number of carbonyl (C=O) groups is 1. The summed E-state index contributed by atoms with van der Waals surface area (Å²) in [5, 5.41) is 12.5. The molecule has 4 atom stereocenters. The molecule has 2 aromatic rings. The van der Waals surface area contributed by atoms with Crippen molar-refractivity contribution < 1.29 is 19.4 Å². The first kappa shape index (κ1) is 35.2. The van der Waals surface area contributed by atoms with E-state index >= 15 is 0 Å². The number of amides is 1. The highest BCUT2D eigenvalue weighted by Crippen LogP contribution is 2.42. The van der Waals surface area contributed by atoms with E-state index in [0.29, 0.717) is 0 Å². The zero-order chi connectivity index (χ0) is 30.9. The van der Waals surface area contributed by atoms with Crippen LogP contribution in [-0.2, 0) is 20.9 Å². The van der Waals surface area contributed by atoms with Gasteiger partial charge in [-0.1, -0.05) is 121 Å². The van der Waals surface area contributed by atoms with Crippen molar-refractivity contribution in [1.82, 2.24) is 4.90 Å². The first-order valence-corrected chi connectivity index (χ1v) is 17.1. The van der Waals surface area contributed by atoms with E-state index in [-0.39, 0.29) is 30.6 Å². The van der Waals surface area contributed by atoms with Gasteiger partial charge in [-0.05, 0) is 49.2 Å². The third-order valence-corrected chi connectivity index (χ3v) is 8.70. The molecule has 2 N–H and O–H groups in total. The Balaban J connectivity index is 1.78. The van der Waals surface area contributed by atoms with Crippen LogP contribution in [-0.4, -0.2) is 41.7 Å². The fraction of sp³-hybridized carbons (Fsp3) is 0.649. The molecule has 0 spiro atoms. The van der Waals surface area contributed by atoms with E-state index in [4.69, 9.17) is 9.47 Å². The molecule has 3 rings (SSSR count). The van der Waals surface area contributed by atoms with E-state index in [1.54, 1.807) is 0 Å². The summed E-state index contributed by atoms with van der Waals surface area (Å²) in [7, 11) is 0. The molecular formula is C37H58N2O4. The largest absolute Gasteiger partial charge is 0.392 e. The van der Waals surface area contributed by atoms with Crippen LogP contribution in [0.5, 0.6) is 0 Å². The van der Waals surface area contributed by atoms with Gasteiger partial charge in [-0.3, -0.25) is 4.79 Å². The predicted molar refractivity (Wildman–Crippen MR) is 177 cm³/mol. The van der Waals surface area contributed by atoms with Gasteiger partial charge in [0.25, 0.3) is 0 Å². The lowest BCUT2D eigenvalue weighted by molar-refractivity contribution is -0.276. The summed E-state index contributed by atoms with van der Waals surface area (Å²) in [4.78, 5) is 14.4. The normalized spacial score (nSPS) is 20.4. The minimum atomic E-state index is -0.539. The van der Waals surface area contributed by atoms with E-state index < -0.39 is 6.29 Å². The maximum absolute atomic E-state index is 11.7. The summed E-state index contributed by atoms with van der Waals surface area (Å²) in [6, 6.07) is 15.9. The lowest BCUT2D eigenvalue weighted by Crippen LogP contribution is -2.45. The maximum atomic E-state index is 11.7. The van der Waals surface area contributed by atoms with Gasteiger partial charge in [0, 0.05) is 30.6 Å². The average molecular weight is 595 g/mol. The van der Waals surface area contributed by atoms with E-state index in [0.717, 1.165) is 42.0 Å². The van der Waals surface area contributed by atoms with Crippen molar-refractivity contribution >= 4 is 11.6 Å². The lowest BCUT2D eigenvalue weighted by Gasteiger charge is -2.43. The number of unbranched alkanes of at least 4 members (excludes halogenated alkanes) is 10. The summed E-state index contributed by atoms with van der Waals surface area (Å²) in [5.41, 5.74) is 3.63. The van der Waals surface area contributed by atoms with Gasteiger partial charge in [0.15, 0.2) is 6.29 Å². The number of nitrogens with zero attached hydrogens (tertiary/aromatic N) is 1. The van der Waals surface area contributed by atoms with Crippen LogP contribution in [0.25, 0.3) is 0 Å². The van der Waals surface area contributed by atoms with Gasteiger partial charge < -0.3 is 24.8 Å². The minimum Gasteiger partial charge on any atom is -0.392 e. The number of aliphatic hydroxyl groups is 1.